The van der Waals surface area contributed by atoms with E-state index >= 15 is 0 Å². The summed E-state index contributed by atoms with van der Waals surface area (Å²) in [5.74, 6) is 0.580. The average molecular weight is 211 g/mol. The summed E-state index contributed by atoms with van der Waals surface area (Å²) in [6.07, 6.45) is 5.52. The van der Waals surface area contributed by atoms with E-state index in [1.165, 1.54) is 19.3 Å². The Morgan fingerprint density at radius 3 is 2.73 bits per heavy atom. The van der Waals surface area contributed by atoms with Gasteiger partial charge in [-0.05, 0) is 31.2 Å². The van der Waals surface area contributed by atoms with Gasteiger partial charge in [-0.3, -0.25) is 4.79 Å². The molecule has 0 aromatic rings. The van der Waals surface area contributed by atoms with Crippen LogP contribution in [0, 0.1) is 17.3 Å². The van der Waals surface area contributed by atoms with Crippen molar-refractivity contribution in [1.82, 2.24) is 5.32 Å². The first-order chi connectivity index (χ1) is 7.12. The molecule has 15 heavy (non-hydrogen) atoms. The summed E-state index contributed by atoms with van der Waals surface area (Å²) in [6, 6.07) is 0. The second-order valence-electron chi connectivity index (χ2n) is 5.53. The number of carboxylic acids is 1. The van der Waals surface area contributed by atoms with Gasteiger partial charge in [0.2, 0.25) is 0 Å². The number of carboxylic acid groups (broad SMARTS) is 1. The molecular weight excluding hydrogens is 190 g/mol. The average Bonchev–Trinajstić information content (AvgIpc) is 2.11. The fraction of sp³-hybridized carbons (Fsp3) is 0.917. The lowest BCUT2D eigenvalue weighted by Gasteiger charge is -2.41. The first kappa shape index (κ1) is 10.9. The molecule has 0 aromatic heterocycles. The second kappa shape index (κ2) is 4.12. The van der Waals surface area contributed by atoms with Crippen molar-refractivity contribution in [2.75, 3.05) is 13.1 Å². The summed E-state index contributed by atoms with van der Waals surface area (Å²) in [7, 11) is 0. The third kappa shape index (κ3) is 2.17. The van der Waals surface area contributed by atoms with Crippen molar-refractivity contribution >= 4 is 5.97 Å². The number of carbonyl (C=O) groups is 1. The SMILES string of the molecule is CC1CNCC(CC2CCC2)(C(=O)O)C1. The van der Waals surface area contributed by atoms with Gasteiger partial charge < -0.3 is 10.4 Å². The van der Waals surface area contributed by atoms with Gasteiger partial charge in [0.05, 0.1) is 5.41 Å². The van der Waals surface area contributed by atoms with Crippen LogP contribution in [0.4, 0.5) is 0 Å². The lowest BCUT2D eigenvalue weighted by atomic mass is 9.67. The van der Waals surface area contributed by atoms with E-state index in [0.717, 1.165) is 19.4 Å². The van der Waals surface area contributed by atoms with Gasteiger partial charge in [0.25, 0.3) is 0 Å². The summed E-state index contributed by atoms with van der Waals surface area (Å²) in [5, 5.41) is 12.7. The molecule has 2 N–H and O–H groups in total. The summed E-state index contributed by atoms with van der Waals surface area (Å²) in [4.78, 5) is 11.5. The maximum absolute atomic E-state index is 11.5. The number of hydrogen-bond acceptors (Lipinski definition) is 2. The van der Waals surface area contributed by atoms with Gasteiger partial charge in [0.15, 0.2) is 0 Å². The zero-order valence-electron chi connectivity index (χ0n) is 9.46. The molecule has 0 spiro atoms. The van der Waals surface area contributed by atoms with Gasteiger partial charge in [-0.15, -0.1) is 0 Å². The Kier molecular flexibility index (Phi) is 3.01. The minimum Gasteiger partial charge on any atom is -0.481 e. The van der Waals surface area contributed by atoms with Crippen molar-refractivity contribution in [1.29, 1.82) is 0 Å². The number of aliphatic carboxylic acids is 1. The van der Waals surface area contributed by atoms with E-state index in [1.54, 1.807) is 0 Å². The fourth-order valence-corrected chi connectivity index (χ4v) is 3.02. The van der Waals surface area contributed by atoms with E-state index in [0.29, 0.717) is 18.4 Å². The molecule has 3 nitrogen and oxygen atoms in total. The molecule has 0 aromatic carbocycles. The molecule has 2 fully saturated rings. The van der Waals surface area contributed by atoms with Crippen molar-refractivity contribution in [2.24, 2.45) is 17.3 Å². The molecule has 2 rings (SSSR count). The Morgan fingerprint density at radius 1 is 1.53 bits per heavy atom. The van der Waals surface area contributed by atoms with Crippen LogP contribution in [0.25, 0.3) is 0 Å². The molecule has 0 radical (unpaired) electrons. The van der Waals surface area contributed by atoms with Crippen molar-refractivity contribution in [3.05, 3.63) is 0 Å². The molecule has 86 valence electrons. The third-order valence-corrected chi connectivity index (χ3v) is 4.05. The van der Waals surface area contributed by atoms with Crippen LogP contribution in [0.1, 0.15) is 39.0 Å². The molecule has 3 heteroatoms. The number of piperidine rings is 1. The van der Waals surface area contributed by atoms with E-state index in [-0.39, 0.29) is 0 Å². The molecule has 1 aliphatic heterocycles. The highest BCUT2D eigenvalue weighted by Gasteiger charge is 2.44. The fourth-order valence-electron chi connectivity index (χ4n) is 3.02. The highest BCUT2D eigenvalue weighted by Crippen LogP contribution is 2.42. The molecule has 1 saturated carbocycles. The number of rotatable bonds is 3. The highest BCUT2D eigenvalue weighted by molar-refractivity contribution is 5.75. The van der Waals surface area contributed by atoms with Crippen LogP contribution in [0.3, 0.4) is 0 Å². The Labute approximate surface area is 91.2 Å². The smallest absolute Gasteiger partial charge is 0.310 e. The van der Waals surface area contributed by atoms with Crippen molar-refractivity contribution < 1.29 is 9.90 Å². The molecule has 1 aliphatic carbocycles. The third-order valence-electron chi connectivity index (χ3n) is 4.05. The first-order valence-corrected chi connectivity index (χ1v) is 6.06. The highest BCUT2D eigenvalue weighted by atomic mass is 16.4. The molecule has 0 bridgehead atoms. The summed E-state index contributed by atoms with van der Waals surface area (Å²) < 4.78 is 0. The van der Waals surface area contributed by atoms with Gasteiger partial charge in [-0.2, -0.15) is 0 Å². The second-order valence-corrected chi connectivity index (χ2v) is 5.53. The molecule has 2 unspecified atom stereocenters. The van der Waals surface area contributed by atoms with Crippen molar-refractivity contribution in [2.45, 2.75) is 39.0 Å². The Bertz CT molecular complexity index is 250. The predicted molar refractivity (Wildman–Crippen MR) is 58.7 cm³/mol. The van der Waals surface area contributed by atoms with Crippen LogP contribution in [0.5, 0.6) is 0 Å². The zero-order valence-corrected chi connectivity index (χ0v) is 9.46. The molecule has 1 saturated heterocycles. The summed E-state index contributed by atoms with van der Waals surface area (Å²) >= 11 is 0. The standard InChI is InChI=1S/C12H21NO2/c1-9-5-12(11(14)15,8-13-7-9)6-10-3-2-4-10/h9-10,13H,2-8H2,1H3,(H,14,15). The minimum atomic E-state index is -0.589. The van der Waals surface area contributed by atoms with Crippen molar-refractivity contribution in [3.8, 4) is 0 Å². The number of hydrogen-bond donors (Lipinski definition) is 2. The molecular formula is C12H21NO2. The molecule has 0 amide bonds. The quantitative estimate of drug-likeness (QED) is 0.749. The normalized spacial score (nSPS) is 37.3. The molecule has 2 atom stereocenters. The maximum atomic E-state index is 11.5. The summed E-state index contributed by atoms with van der Waals surface area (Å²) in [5.41, 5.74) is -0.469. The lowest BCUT2D eigenvalue weighted by Crippen LogP contribution is -2.49. The van der Waals surface area contributed by atoms with Crippen LogP contribution in [-0.2, 0) is 4.79 Å². The van der Waals surface area contributed by atoms with E-state index in [1.807, 2.05) is 0 Å². The van der Waals surface area contributed by atoms with Crippen molar-refractivity contribution in [3.63, 3.8) is 0 Å². The first-order valence-electron chi connectivity index (χ1n) is 6.06. The van der Waals surface area contributed by atoms with Gasteiger partial charge in [0, 0.05) is 6.54 Å². The van der Waals surface area contributed by atoms with Crippen LogP contribution in [0.2, 0.25) is 0 Å². The van der Waals surface area contributed by atoms with E-state index < -0.39 is 11.4 Å². The van der Waals surface area contributed by atoms with Crippen LogP contribution < -0.4 is 5.32 Å². The van der Waals surface area contributed by atoms with E-state index in [9.17, 15) is 9.90 Å². The molecule has 1 heterocycles. The van der Waals surface area contributed by atoms with Gasteiger partial charge in [-0.25, -0.2) is 0 Å². The topological polar surface area (TPSA) is 49.3 Å². The Morgan fingerprint density at radius 2 is 2.27 bits per heavy atom. The van der Waals surface area contributed by atoms with Crippen LogP contribution in [0.15, 0.2) is 0 Å². The van der Waals surface area contributed by atoms with Crippen LogP contribution in [-0.4, -0.2) is 24.2 Å². The maximum Gasteiger partial charge on any atom is 0.310 e. The zero-order chi connectivity index (χ0) is 10.9. The largest absolute Gasteiger partial charge is 0.481 e. The Balaban J connectivity index is 2.04. The summed E-state index contributed by atoms with van der Waals surface area (Å²) in [6.45, 7) is 3.79. The lowest BCUT2D eigenvalue weighted by molar-refractivity contribution is -0.152. The van der Waals surface area contributed by atoms with Gasteiger partial charge in [-0.1, -0.05) is 26.2 Å². The van der Waals surface area contributed by atoms with E-state index in [2.05, 4.69) is 12.2 Å². The minimum absolute atomic E-state index is 0.469. The predicted octanol–water partition coefficient (Wildman–Crippen LogP) is 1.88. The number of nitrogens with one attached hydrogen (secondary N) is 1. The van der Waals surface area contributed by atoms with Gasteiger partial charge in [0.1, 0.15) is 0 Å². The monoisotopic (exact) mass is 211 g/mol. The Hall–Kier alpha value is -0.570. The van der Waals surface area contributed by atoms with E-state index in [4.69, 9.17) is 0 Å². The van der Waals surface area contributed by atoms with Gasteiger partial charge >= 0.3 is 5.97 Å². The molecule has 2 aliphatic rings. The van der Waals surface area contributed by atoms with Crippen LogP contribution >= 0.6 is 0 Å².